The van der Waals surface area contributed by atoms with Crippen LogP contribution in [0.2, 0.25) is 0 Å². The van der Waals surface area contributed by atoms with E-state index in [9.17, 15) is 9.59 Å². The average molecular weight is 608 g/mol. The number of fused-ring (bicyclic) bond motifs is 2. The molecule has 226 valence electrons. The lowest BCUT2D eigenvalue weighted by Gasteiger charge is -2.40. The third kappa shape index (κ3) is 5.09. The van der Waals surface area contributed by atoms with Crippen molar-refractivity contribution in [2.75, 3.05) is 55.0 Å². The second kappa shape index (κ2) is 11.3. The molecule has 3 aliphatic rings. The summed E-state index contributed by atoms with van der Waals surface area (Å²) in [7, 11) is 1.66. The van der Waals surface area contributed by atoms with Crippen molar-refractivity contribution >= 4 is 50.5 Å². The third-order valence-electron chi connectivity index (χ3n) is 9.03. The summed E-state index contributed by atoms with van der Waals surface area (Å²) in [6, 6.07) is 23.7. The van der Waals surface area contributed by atoms with E-state index in [0.717, 1.165) is 58.9 Å². The number of aromatic nitrogens is 1. The molecule has 8 nitrogen and oxygen atoms in total. The summed E-state index contributed by atoms with van der Waals surface area (Å²) in [5, 5.41) is 4.80. The highest BCUT2D eigenvalue weighted by atomic mass is 32.1. The first-order chi connectivity index (χ1) is 21.3. The smallest absolute Gasteiger partial charge is 0.242 e. The number of hydrogen-bond acceptors (Lipinski definition) is 8. The maximum atomic E-state index is 14.2. The van der Waals surface area contributed by atoms with Crippen molar-refractivity contribution < 1.29 is 14.3 Å². The molecule has 0 bridgehead atoms. The second-order valence-electron chi connectivity index (χ2n) is 12.6. The van der Waals surface area contributed by atoms with Gasteiger partial charge in [-0.2, -0.15) is 4.37 Å². The van der Waals surface area contributed by atoms with Crippen LogP contribution in [0.3, 0.4) is 0 Å². The molecule has 0 radical (unpaired) electrons. The van der Waals surface area contributed by atoms with Gasteiger partial charge in [-0.15, -0.1) is 0 Å². The first-order valence-corrected chi connectivity index (χ1v) is 16.0. The number of anilines is 3. The number of methoxy groups -OCH3 is 1. The van der Waals surface area contributed by atoms with E-state index in [1.54, 1.807) is 7.11 Å². The van der Waals surface area contributed by atoms with Crippen molar-refractivity contribution in [2.24, 2.45) is 5.41 Å². The fourth-order valence-electron chi connectivity index (χ4n) is 6.96. The van der Waals surface area contributed by atoms with Gasteiger partial charge in [-0.3, -0.25) is 9.59 Å². The highest BCUT2D eigenvalue weighted by Gasteiger charge is 2.43. The molecule has 1 N–H and O–H groups in total. The van der Waals surface area contributed by atoms with Crippen LogP contribution in [0.4, 0.5) is 17.2 Å². The lowest BCUT2D eigenvalue weighted by atomic mass is 9.73. The largest absolute Gasteiger partial charge is 0.496 e. The van der Waals surface area contributed by atoms with Crippen LogP contribution in [0, 0.1) is 5.41 Å². The van der Waals surface area contributed by atoms with Gasteiger partial charge in [0.1, 0.15) is 11.6 Å². The van der Waals surface area contributed by atoms with Crippen LogP contribution in [0.1, 0.15) is 38.3 Å². The molecule has 0 saturated carbocycles. The molecule has 1 saturated heterocycles. The van der Waals surface area contributed by atoms with E-state index in [0.29, 0.717) is 25.3 Å². The number of carbonyl (C=O) groups is 2. The molecule has 2 aliphatic heterocycles. The monoisotopic (exact) mass is 607 g/mol. The Hall–Kier alpha value is -4.37. The number of benzene rings is 3. The molecular weight excluding hydrogens is 570 g/mol. The Morgan fingerprint density at radius 1 is 0.977 bits per heavy atom. The summed E-state index contributed by atoms with van der Waals surface area (Å²) >= 11 is 1.52. The summed E-state index contributed by atoms with van der Waals surface area (Å²) in [5.74, 6) is 1.84. The van der Waals surface area contributed by atoms with E-state index in [1.165, 1.54) is 16.2 Å². The van der Waals surface area contributed by atoms with Crippen LogP contribution in [0.15, 0.2) is 84.1 Å². The van der Waals surface area contributed by atoms with Crippen molar-refractivity contribution in [3.63, 3.8) is 0 Å². The fraction of sp³-hybridized carbons (Fsp3) is 0.343. The number of allylic oxidation sites excluding steroid dienone is 1. The van der Waals surface area contributed by atoms with E-state index < -0.39 is 6.04 Å². The van der Waals surface area contributed by atoms with Crippen molar-refractivity contribution in [3.8, 4) is 5.75 Å². The SMILES string of the molecule is COc1ccccc1C1C2=C(CC(C)(C)CC2=O)Nc2ccccc2N1CC(=O)N1CCN(c2nsc3ccccc23)CC1. The van der Waals surface area contributed by atoms with Gasteiger partial charge in [0.15, 0.2) is 5.78 Å². The number of nitrogens with one attached hydrogen (secondary N) is 1. The first-order valence-electron chi connectivity index (χ1n) is 15.2. The Morgan fingerprint density at radius 3 is 2.52 bits per heavy atom. The van der Waals surface area contributed by atoms with E-state index in [2.05, 4.69) is 41.1 Å². The van der Waals surface area contributed by atoms with Gasteiger partial charge in [-0.1, -0.05) is 56.3 Å². The molecule has 4 aromatic rings. The van der Waals surface area contributed by atoms with Gasteiger partial charge in [0.2, 0.25) is 5.91 Å². The lowest BCUT2D eigenvalue weighted by Crippen LogP contribution is -2.52. The molecule has 3 aromatic carbocycles. The van der Waals surface area contributed by atoms with E-state index in [1.807, 2.05) is 65.6 Å². The van der Waals surface area contributed by atoms with Crippen molar-refractivity contribution in [1.29, 1.82) is 0 Å². The van der Waals surface area contributed by atoms with Crippen LogP contribution in [-0.2, 0) is 9.59 Å². The van der Waals surface area contributed by atoms with Crippen LogP contribution in [0.25, 0.3) is 10.1 Å². The Kier molecular flexibility index (Phi) is 7.28. The topological polar surface area (TPSA) is 78.0 Å². The van der Waals surface area contributed by atoms with Crippen LogP contribution >= 0.6 is 11.5 Å². The minimum atomic E-state index is -0.479. The zero-order valence-electron chi connectivity index (χ0n) is 25.4. The molecule has 1 unspecified atom stereocenters. The lowest BCUT2D eigenvalue weighted by molar-refractivity contribution is -0.130. The van der Waals surface area contributed by atoms with Crippen LogP contribution in [0.5, 0.6) is 5.75 Å². The van der Waals surface area contributed by atoms with Crippen molar-refractivity contribution in [1.82, 2.24) is 9.27 Å². The van der Waals surface area contributed by atoms with Crippen molar-refractivity contribution in [2.45, 2.75) is 32.7 Å². The van der Waals surface area contributed by atoms with E-state index in [-0.39, 0.29) is 23.7 Å². The van der Waals surface area contributed by atoms with Crippen molar-refractivity contribution in [3.05, 3.63) is 89.6 Å². The standard InChI is InChI=1S/C35H37N5O3S/c1-35(2)20-26-32(28(41)21-35)33(23-10-4-8-14-29(23)43-3)40(27-13-7-6-12-25(27)36-26)22-31(42)38-16-18-39(19-17-38)34-24-11-5-9-15-30(24)44-37-34/h4-15,33,36H,16-22H2,1-3H3. The zero-order chi connectivity index (χ0) is 30.4. The molecule has 1 amide bonds. The molecule has 0 spiro atoms. The molecule has 1 fully saturated rings. The number of nitrogens with zero attached hydrogens (tertiary/aromatic N) is 4. The minimum absolute atomic E-state index is 0.0372. The normalized spacial score (nSPS) is 19.8. The summed E-state index contributed by atoms with van der Waals surface area (Å²) in [4.78, 5) is 34.6. The quantitative estimate of drug-likeness (QED) is 0.287. The number of ether oxygens (including phenoxy) is 1. The predicted octanol–water partition coefficient (Wildman–Crippen LogP) is 6.27. The average Bonchev–Trinajstić information content (AvgIpc) is 3.40. The number of ketones is 1. The number of rotatable bonds is 5. The van der Waals surface area contributed by atoms with Gasteiger partial charge in [0.25, 0.3) is 0 Å². The molecule has 9 heteroatoms. The Balaban J connectivity index is 1.23. The summed E-state index contributed by atoms with van der Waals surface area (Å²) < 4.78 is 11.7. The number of piperazine rings is 1. The Labute approximate surface area is 262 Å². The Bertz CT molecular complexity index is 1770. The Morgan fingerprint density at radius 2 is 1.70 bits per heavy atom. The number of amides is 1. The van der Waals surface area contributed by atoms with Crippen LogP contribution < -0.4 is 19.9 Å². The predicted molar refractivity (Wildman–Crippen MR) is 177 cm³/mol. The number of Topliss-reactive ketones (excluding diaryl/α,β-unsaturated/α-hetero) is 1. The van der Waals surface area contributed by atoms with Gasteiger partial charge >= 0.3 is 0 Å². The van der Waals surface area contributed by atoms with Gasteiger partial charge in [0, 0.05) is 54.8 Å². The summed E-state index contributed by atoms with van der Waals surface area (Å²) in [5.41, 5.74) is 4.14. The number of para-hydroxylation sites is 3. The number of hydrogen-bond donors (Lipinski definition) is 1. The minimum Gasteiger partial charge on any atom is -0.496 e. The molecular formula is C35H37N5O3S. The second-order valence-corrected chi connectivity index (χ2v) is 13.4. The van der Waals surface area contributed by atoms with Gasteiger partial charge < -0.3 is 24.8 Å². The summed E-state index contributed by atoms with van der Waals surface area (Å²) in [6.07, 6.45) is 1.19. The molecule has 7 rings (SSSR count). The summed E-state index contributed by atoms with van der Waals surface area (Å²) in [6.45, 7) is 7.07. The first kappa shape index (κ1) is 28.4. The maximum Gasteiger partial charge on any atom is 0.242 e. The van der Waals surface area contributed by atoms with Gasteiger partial charge in [-0.05, 0) is 53.7 Å². The highest BCUT2D eigenvalue weighted by Crippen LogP contribution is 2.49. The van der Waals surface area contributed by atoms with Gasteiger partial charge in [-0.25, -0.2) is 0 Å². The molecule has 3 heterocycles. The van der Waals surface area contributed by atoms with Gasteiger partial charge in [0.05, 0.1) is 35.8 Å². The highest BCUT2D eigenvalue weighted by molar-refractivity contribution is 7.13. The molecule has 1 atom stereocenters. The molecule has 1 aromatic heterocycles. The van der Waals surface area contributed by atoms with E-state index in [4.69, 9.17) is 9.11 Å². The molecule has 1 aliphatic carbocycles. The number of carbonyl (C=O) groups excluding carboxylic acids is 2. The fourth-order valence-corrected chi connectivity index (χ4v) is 7.75. The molecule has 44 heavy (non-hydrogen) atoms. The van der Waals surface area contributed by atoms with Crippen LogP contribution in [-0.4, -0.2) is 60.8 Å². The third-order valence-corrected chi connectivity index (χ3v) is 9.85. The van der Waals surface area contributed by atoms with E-state index >= 15 is 0 Å². The maximum absolute atomic E-state index is 14.2. The zero-order valence-corrected chi connectivity index (χ0v) is 26.2.